The second-order valence-electron chi connectivity index (χ2n) is 3.76. The maximum Gasteiger partial charge on any atom is 0.192 e. The van der Waals surface area contributed by atoms with Crippen LogP contribution < -0.4 is 0 Å². The second-order valence-corrected chi connectivity index (χ2v) is 5.65. The Morgan fingerprint density at radius 3 is 2.78 bits per heavy atom. The van der Waals surface area contributed by atoms with Gasteiger partial charge in [0.25, 0.3) is 0 Å². The van der Waals surface area contributed by atoms with E-state index in [1.807, 2.05) is 45.8 Å². The molecule has 0 saturated carbocycles. The minimum Gasteiger partial charge on any atom is -0.322 e. The zero-order valence-corrected chi connectivity index (χ0v) is 11.1. The predicted molar refractivity (Wildman–Crippen MR) is 74.2 cm³/mol. The van der Waals surface area contributed by atoms with E-state index in [1.165, 1.54) is 11.3 Å². The molecule has 0 atom stereocenters. The third-order valence-electron chi connectivity index (χ3n) is 2.57. The normalized spacial score (nSPS) is 10.7. The highest BCUT2D eigenvalue weighted by atomic mass is 32.1. The largest absolute Gasteiger partial charge is 0.322 e. The number of Topliss-reactive ketones (excluding diaryl/α,β-unsaturated/α-hetero) is 1. The van der Waals surface area contributed by atoms with Crippen LogP contribution in [-0.4, -0.2) is 15.3 Å². The number of imidazole rings is 1. The Bertz CT molecular complexity index is 638. The third kappa shape index (κ3) is 2.14. The Hall–Kier alpha value is -1.72. The predicted octanol–water partition coefficient (Wildman–Crippen LogP) is 3.56. The lowest BCUT2D eigenvalue weighted by Gasteiger charge is -2.04. The third-order valence-corrected chi connectivity index (χ3v) is 4.34. The molecule has 5 heteroatoms. The number of thiophene rings is 2. The van der Waals surface area contributed by atoms with Crippen LogP contribution in [0, 0.1) is 0 Å². The summed E-state index contributed by atoms with van der Waals surface area (Å²) in [6, 6.07) is 7.75. The van der Waals surface area contributed by atoms with Gasteiger partial charge >= 0.3 is 0 Å². The average Bonchev–Trinajstić information content (AvgIpc) is 3.11. The quantitative estimate of drug-likeness (QED) is 0.682. The zero-order valence-electron chi connectivity index (χ0n) is 9.45. The van der Waals surface area contributed by atoms with Crippen LogP contribution in [0.4, 0.5) is 0 Å². The van der Waals surface area contributed by atoms with Crippen molar-refractivity contribution in [2.75, 3.05) is 0 Å². The van der Waals surface area contributed by atoms with Crippen LogP contribution in [0.15, 0.2) is 47.4 Å². The fraction of sp³-hybridized carbons (Fsp3) is 0.0769. The highest BCUT2D eigenvalue weighted by molar-refractivity contribution is 7.13. The molecular weight excluding hydrogens is 264 g/mol. The van der Waals surface area contributed by atoms with Crippen molar-refractivity contribution >= 4 is 28.5 Å². The van der Waals surface area contributed by atoms with Crippen LogP contribution in [0.2, 0.25) is 0 Å². The Kier molecular flexibility index (Phi) is 3.08. The van der Waals surface area contributed by atoms with Gasteiger partial charge in [-0.05, 0) is 22.9 Å². The molecule has 3 nitrogen and oxygen atoms in total. The highest BCUT2D eigenvalue weighted by Gasteiger charge is 2.12. The molecule has 0 unspecified atom stereocenters. The van der Waals surface area contributed by atoms with Crippen LogP contribution in [0.25, 0.3) is 10.7 Å². The molecule has 0 amide bonds. The lowest BCUT2D eigenvalue weighted by atomic mass is 10.3. The van der Waals surface area contributed by atoms with Crippen LogP contribution in [0.3, 0.4) is 0 Å². The van der Waals surface area contributed by atoms with Gasteiger partial charge in [-0.2, -0.15) is 0 Å². The molecule has 0 saturated heterocycles. The lowest BCUT2D eigenvalue weighted by Crippen LogP contribution is -2.09. The summed E-state index contributed by atoms with van der Waals surface area (Å²) in [5, 5.41) is 3.93. The maximum atomic E-state index is 12.1. The van der Waals surface area contributed by atoms with Crippen molar-refractivity contribution in [2.24, 2.45) is 0 Å². The van der Waals surface area contributed by atoms with Gasteiger partial charge in [-0.3, -0.25) is 4.79 Å². The maximum absolute atomic E-state index is 12.1. The van der Waals surface area contributed by atoms with Crippen LogP contribution in [-0.2, 0) is 6.54 Å². The fourth-order valence-corrected chi connectivity index (χ4v) is 3.13. The van der Waals surface area contributed by atoms with E-state index in [2.05, 4.69) is 4.98 Å². The van der Waals surface area contributed by atoms with Crippen LogP contribution in [0.5, 0.6) is 0 Å². The first kappa shape index (κ1) is 11.4. The van der Waals surface area contributed by atoms with Crippen molar-refractivity contribution in [2.45, 2.75) is 6.54 Å². The molecule has 3 aromatic heterocycles. The Morgan fingerprint density at radius 2 is 2.06 bits per heavy atom. The van der Waals surface area contributed by atoms with E-state index < -0.39 is 0 Å². The number of nitrogens with zero attached hydrogens (tertiary/aromatic N) is 2. The van der Waals surface area contributed by atoms with E-state index in [-0.39, 0.29) is 5.78 Å². The van der Waals surface area contributed by atoms with Crippen molar-refractivity contribution in [3.63, 3.8) is 0 Å². The molecule has 0 spiro atoms. The van der Waals surface area contributed by atoms with Crippen LogP contribution in [0.1, 0.15) is 9.67 Å². The van der Waals surface area contributed by atoms with Gasteiger partial charge in [0.05, 0.1) is 16.3 Å². The van der Waals surface area contributed by atoms with Gasteiger partial charge in [0, 0.05) is 12.4 Å². The summed E-state index contributed by atoms with van der Waals surface area (Å²) < 4.78 is 1.90. The van der Waals surface area contributed by atoms with E-state index in [4.69, 9.17) is 0 Å². The number of ketones is 1. The van der Waals surface area contributed by atoms with E-state index in [0.29, 0.717) is 6.54 Å². The molecule has 0 N–H and O–H groups in total. The van der Waals surface area contributed by atoms with E-state index in [1.54, 1.807) is 17.5 Å². The molecule has 0 aliphatic heterocycles. The number of carbonyl (C=O) groups excluding carboxylic acids is 1. The van der Waals surface area contributed by atoms with Crippen molar-refractivity contribution in [3.05, 3.63) is 52.3 Å². The van der Waals surface area contributed by atoms with Crippen molar-refractivity contribution in [1.82, 2.24) is 9.55 Å². The van der Waals surface area contributed by atoms with Gasteiger partial charge in [-0.1, -0.05) is 12.1 Å². The molecule has 0 aromatic carbocycles. The van der Waals surface area contributed by atoms with Gasteiger partial charge < -0.3 is 4.57 Å². The molecule has 18 heavy (non-hydrogen) atoms. The summed E-state index contributed by atoms with van der Waals surface area (Å²) in [6.07, 6.45) is 3.58. The monoisotopic (exact) mass is 274 g/mol. The molecule has 3 heterocycles. The molecule has 0 aliphatic carbocycles. The fourth-order valence-electron chi connectivity index (χ4n) is 1.74. The second kappa shape index (κ2) is 4.88. The molecule has 0 aliphatic rings. The van der Waals surface area contributed by atoms with Gasteiger partial charge in [0.15, 0.2) is 5.78 Å². The number of carbonyl (C=O) groups is 1. The minimum absolute atomic E-state index is 0.126. The van der Waals surface area contributed by atoms with Gasteiger partial charge in [-0.25, -0.2) is 4.98 Å². The van der Waals surface area contributed by atoms with Gasteiger partial charge in [-0.15, -0.1) is 22.7 Å². The highest BCUT2D eigenvalue weighted by Crippen LogP contribution is 2.23. The molecule has 3 aromatic rings. The molecular formula is C13H10N2OS2. The van der Waals surface area contributed by atoms with E-state index >= 15 is 0 Å². The van der Waals surface area contributed by atoms with E-state index in [0.717, 1.165) is 15.6 Å². The van der Waals surface area contributed by atoms with Gasteiger partial charge in [0.2, 0.25) is 0 Å². The first-order valence-corrected chi connectivity index (χ1v) is 7.22. The summed E-state index contributed by atoms with van der Waals surface area (Å²) in [5.41, 5.74) is 0. The first-order chi connectivity index (χ1) is 8.84. The van der Waals surface area contributed by atoms with Crippen molar-refractivity contribution in [1.29, 1.82) is 0 Å². The summed E-state index contributed by atoms with van der Waals surface area (Å²) in [5.74, 6) is 0.982. The molecule has 3 rings (SSSR count). The SMILES string of the molecule is O=C(Cn1ccnc1-c1cccs1)c1cccs1. The van der Waals surface area contributed by atoms with Gasteiger partial charge in [0.1, 0.15) is 5.82 Å². The lowest BCUT2D eigenvalue weighted by molar-refractivity contribution is 0.0976. The Balaban J connectivity index is 1.86. The smallest absolute Gasteiger partial charge is 0.192 e. The summed E-state index contributed by atoms with van der Waals surface area (Å²) >= 11 is 3.10. The summed E-state index contributed by atoms with van der Waals surface area (Å²) in [7, 11) is 0. The minimum atomic E-state index is 0.126. The number of rotatable bonds is 4. The van der Waals surface area contributed by atoms with Crippen molar-refractivity contribution in [3.8, 4) is 10.7 Å². The molecule has 0 bridgehead atoms. The average molecular weight is 274 g/mol. The standard InChI is InChI=1S/C13H10N2OS2/c16-10(11-3-1-7-17-11)9-15-6-5-14-13(15)12-4-2-8-18-12/h1-8H,9H2. The number of hydrogen-bond acceptors (Lipinski definition) is 4. The van der Waals surface area contributed by atoms with E-state index in [9.17, 15) is 4.79 Å². The summed E-state index contributed by atoms with van der Waals surface area (Å²) in [4.78, 5) is 18.3. The molecule has 0 fully saturated rings. The number of aromatic nitrogens is 2. The number of hydrogen-bond donors (Lipinski definition) is 0. The Labute approximate surface area is 112 Å². The summed E-state index contributed by atoms with van der Waals surface area (Å²) in [6.45, 7) is 0.341. The molecule has 0 radical (unpaired) electrons. The Morgan fingerprint density at radius 1 is 1.22 bits per heavy atom. The molecule has 90 valence electrons. The van der Waals surface area contributed by atoms with Crippen molar-refractivity contribution < 1.29 is 4.79 Å². The first-order valence-electron chi connectivity index (χ1n) is 5.46. The van der Waals surface area contributed by atoms with Crippen LogP contribution >= 0.6 is 22.7 Å². The zero-order chi connectivity index (χ0) is 12.4. The topological polar surface area (TPSA) is 34.9 Å².